The van der Waals surface area contributed by atoms with Gasteiger partial charge in [0.25, 0.3) is 11.5 Å². The van der Waals surface area contributed by atoms with Crippen LogP contribution in [0.15, 0.2) is 29.1 Å². The second kappa shape index (κ2) is 10.0. The van der Waals surface area contributed by atoms with E-state index in [1.54, 1.807) is 18.7 Å². The van der Waals surface area contributed by atoms with Crippen LogP contribution < -0.4 is 10.3 Å². The van der Waals surface area contributed by atoms with E-state index in [1.807, 2.05) is 29.2 Å². The minimum atomic E-state index is -0.139. The number of aromatic nitrogens is 1. The first-order chi connectivity index (χ1) is 16.6. The van der Waals surface area contributed by atoms with Crippen LogP contribution in [0.25, 0.3) is 21.0 Å². The van der Waals surface area contributed by atoms with Crippen molar-refractivity contribution in [3.63, 3.8) is 0 Å². The fourth-order valence-corrected chi connectivity index (χ4v) is 6.24. The average molecular weight is 486 g/mol. The maximum atomic E-state index is 13.8. The van der Waals surface area contributed by atoms with Crippen LogP contribution in [0.5, 0.6) is 5.75 Å². The van der Waals surface area contributed by atoms with E-state index in [4.69, 9.17) is 14.2 Å². The molecule has 2 aliphatic rings. The van der Waals surface area contributed by atoms with Crippen LogP contribution in [-0.2, 0) is 16.5 Å². The minimum absolute atomic E-state index is 0.0449. The van der Waals surface area contributed by atoms with Crippen molar-refractivity contribution in [2.24, 2.45) is 7.05 Å². The third-order valence-electron chi connectivity index (χ3n) is 6.84. The summed E-state index contributed by atoms with van der Waals surface area (Å²) < 4.78 is 19.5. The highest BCUT2D eigenvalue weighted by Crippen LogP contribution is 2.41. The Morgan fingerprint density at radius 3 is 2.79 bits per heavy atom. The number of likely N-dealkylation sites (tertiary alicyclic amines) is 1. The third kappa shape index (κ3) is 4.22. The van der Waals surface area contributed by atoms with E-state index in [-0.39, 0.29) is 17.5 Å². The Labute approximate surface area is 202 Å². The van der Waals surface area contributed by atoms with Crippen LogP contribution in [0.4, 0.5) is 0 Å². The summed E-state index contributed by atoms with van der Waals surface area (Å²) in [6, 6.07) is 7.87. The second-order valence-corrected chi connectivity index (χ2v) is 9.92. The number of rotatable bonds is 7. The van der Waals surface area contributed by atoms with Crippen molar-refractivity contribution in [2.75, 3.05) is 59.7 Å². The summed E-state index contributed by atoms with van der Waals surface area (Å²) in [6.07, 6.45) is 1.87. The largest absolute Gasteiger partial charge is 0.490 e. The molecule has 2 saturated heterocycles. The van der Waals surface area contributed by atoms with E-state index in [0.717, 1.165) is 48.1 Å². The highest BCUT2D eigenvalue weighted by atomic mass is 32.1. The van der Waals surface area contributed by atoms with Crippen LogP contribution in [0, 0.1) is 0 Å². The molecule has 0 bridgehead atoms. The fraction of sp³-hybridized carbons (Fsp3) is 0.520. The number of para-hydroxylation sites is 1. The standard InChI is InChI=1S/C25H31N3O5S/c1-26-19-8-4-3-7-18(19)22-20(24(26)29)21(33-15-12-27-10-13-32-14-11-27)23(34-22)25(30)28-9-5-6-17(28)16-31-2/h3-4,7-8,17H,5-6,9-16H2,1-2H3/t17-/m1/s1. The van der Waals surface area contributed by atoms with Gasteiger partial charge in [-0.3, -0.25) is 14.5 Å². The summed E-state index contributed by atoms with van der Waals surface area (Å²) >= 11 is 1.37. The molecule has 0 spiro atoms. The SMILES string of the molecule is COC[C@H]1CCCN1C(=O)c1sc2c(c1OCCN1CCOCC1)c(=O)n(C)c1ccccc21. The van der Waals surface area contributed by atoms with Crippen molar-refractivity contribution in [1.29, 1.82) is 0 Å². The maximum absolute atomic E-state index is 13.8. The first-order valence-electron chi connectivity index (χ1n) is 11.9. The molecule has 1 amide bonds. The zero-order valence-corrected chi connectivity index (χ0v) is 20.6. The molecule has 3 aromatic rings. The van der Waals surface area contributed by atoms with E-state index in [1.165, 1.54) is 11.3 Å². The van der Waals surface area contributed by atoms with Crippen molar-refractivity contribution < 1.29 is 19.0 Å². The summed E-state index contributed by atoms with van der Waals surface area (Å²) in [5, 5.41) is 1.45. The lowest BCUT2D eigenvalue weighted by Gasteiger charge is -2.26. The fourth-order valence-electron chi connectivity index (χ4n) is 5.01. The van der Waals surface area contributed by atoms with Gasteiger partial charge in [0.2, 0.25) is 0 Å². The number of thiophene rings is 1. The van der Waals surface area contributed by atoms with E-state index < -0.39 is 0 Å². The molecular formula is C25H31N3O5S. The van der Waals surface area contributed by atoms with Gasteiger partial charge in [-0.2, -0.15) is 0 Å². The number of benzene rings is 1. The molecule has 4 heterocycles. The normalized spacial score (nSPS) is 19.4. The Balaban J connectivity index is 1.57. The topological polar surface area (TPSA) is 73.2 Å². The first kappa shape index (κ1) is 23.3. The molecule has 0 unspecified atom stereocenters. The molecule has 5 rings (SSSR count). The quantitative estimate of drug-likeness (QED) is 0.513. The predicted octanol–water partition coefficient (Wildman–Crippen LogP) is 2.72. The van der Waals surface area contributed by atoms with Gasteiger partial charge in [-0.25, -0.2) is 0 Å². The Morgan fingerprint density at radius 1 is 1.21 bits per heavy atom. The Morgan fingerprint density at radius 2 is 2.00 bits per heavy atom. The number of hydrogen-bond donors (Lipinski definition) is 0. The molecule has 2 fully saturated rings. The molecule has 0 N–H and O–H groups in total. The number of carbonyl (C=O) groups is 1. The number of carbonyl (C=O) groups excluding carboxylic acids is 1. The lowest BCUT2D eigenvalue weighted by Crippen LogP contribution is -2.39. The molecule has 2 aromatic heterocycles. The van der Waals surface area contributed by atoms with Crippen molar-refractivity contribution >= 4 is 38.2 Å². The predicted molar refractivity (Wildman–Crippen MR) is 133 cm³/mol. The van der Waals surface area contributed by atoms with Crippen molar-refractivity contribution in [1.82, 2.24) is 14.4 Å². The highest BCUT2D eigenvalue weighted by molar-refractivity contribution is 7.22. The van der Waals surface area contributed by atoms with Crippen LogP contribution >= 0.6 is 11.3 Å². The molecule has 2 aliphatic heterocycles. The summed E-state index contributed by atoms with van der Waals surface area (Å²) in [5.74, 6) is 0.348. The van der Waals surface area contributed by atoms with Gasteiger partial charge in [0, 0.05) is 45.7 Å². The highest BCUT2D eigenvalue weighted by Gasteiger charge is 2.34. The van der Waals surface area contributed by atoms with Gasteiger partial charge in [0.05, 0.1) is 36.1 Å². The zero-order chi connectivity index (χ0) is 23.7. The molecule has 0 saturated carbocycles. The molecule has 0 radical (unpaired) electrons. The molecule has 0 aliphatic carbocycles. The average Bonchev–Trinajstić information content (AvgIpc) is 3.48. The number of methoxy groups -OCH3 is 1. The number of ether oxygens (including phenoxy) is 3. The van der Waals surface area contributed by atoms with Gasteiger partial charge >= 0.3 is 0 Å². The summed E-state index contributed by atoms with van der Waals surface area (Å²) in [7, 11) is 3.44. The van der Waals surface area contributed by atoms with Gasteiger partial charge in [0.1, 0.15) is 16.9 Å². The monoisotopic (exact) mass is 485 g/mol. The van der Waals surface area contributed by atoms with Crippen molar-refractivity contribution in [3.05, 3.63) is 39.5 Å². The van der Waals surface area contributed by atoms with Gasteiger partial charge in [0.15, 0.2) is 5.75 Å². The summed E-state index contributed by atoms with van der Waals surface area (Å²) in [5.41, 5.74) is 0.707. The number of hydrogen-bond acceptors (Lipinski definition) is 7. The molecule has 8 nitrogen and oxygen atoms in total. The Bertz CT molecular complexity index is 1250. The molecule has 9 heteroatoms. The molecule has 1 atom stereocenters. The van der Waals surface area contributed by atoms with Gasteiger partial charge in [-0.15, -0.1) is 11.3 Å². The number of amides is 1. The van der Waals surface area contributed by atoms with Crippen LogP contribution in [-0.4, -0.2) is 86.0 Å². The number of pyridine rings is 1. The van der Waals surface area contributed by atoms with Gasteiger partial charge in [-0.05, 0) is 18.9 Å². The Hall–Kier alpha value is -2.46. The summed E-state index contributed by atoms with van der Waals surface area (Å²) in [4.78, 5) is 31.9. The number of aryl methyl sites for hydroxylation is 1. The van der Waals surface area contributed by atoms with E-state index >= 15 is 0 Å². The smallest absolute Gasteiger partial charge is 0.268 e. The zero-order valence-electron chi connectivity index (χ0n) is 19.7. The van der Waals surface area contributed by atoms with Crippen LogP contribution in [0.3, 0.4) is 0 Å². The molecule has 182 valence electrons. The number of fused-ring (bicyclic) bond motifs is 3. The van der Waals surface area contributed by atoms with Crippen molar-refractivity contribution in [3.8, 4) is 5.75 Å². The third-order valence-corrected chi connectivity index (χ3v) is 8.03. The molecule has 1 aromatic carbocycles. The summed E-state index contributed by atoms with van der Waals surface area (Å²) in [6.45, 7) is 5.47. The lowest BCUT2D eigenvalue weighted by atomic mass is 10.1. The van der Waals surface area contributed by atoms with E-state index in [9.17, 15) is 9.59 Å². The minimum Gasteiger partial charge on any atom is -0.490 e. The van der Waals surface area contributed by atoms with Gasteiger partial charge in [-0.1, -0.05) is 18.2 Å². The number of nitrogens with zero attached hydrogens (tertiary/aromatic N) is 3. The van der Waals surface area contributed by atoms with Gasteiger partial charge < -0.3 is 23.7 Å². The van der Waals surface area contributed by atoms with E-state index in [2.05, 4.69) is 4.90 Å². The van der Waals surface area contributed by atoms with Crippen molar-refractivity contribution in [2.45, 2.75) is 18.9 Å². The molecular weight excluding hydrogens is 454 g/mol. The molecule has 34 heavy (non-hydrogen) atoms. The lowest BCUT2D eigenvalue weighted by molar-refractivity contribution is 0.0322. The first-order valence-corrected chi connectivity index (χ1v) is 12.7. The number of morpholine rings is 1. The van der Waals surface area contributed by atoms with Crippen LogP contribution in [0.2, 0.25) is 0 Å². The second-order valence-electron chi connectivity index (χ2n) is 8.90. The van der Waals surface area contributed by atoms with E-state index in [0.29, 0.717) is 49.0 Å². The Kier molecular flexibility index (Phi) is 6.87. The van der Waals surface area contributed by atoms with Crippen LogP contribution in [0.1, 0.15) is 22.5 Å². The maximum Gasteiger partial charge on any atom is 0.268 e.